The fourth-order valence-electron chi connectivity index (χ4n) is 1.75. The van der Waals surface area contributed by atoms with Crippen LogP contribution in [0.4, 0.5) is 4.39 Å². The molecule has 1 saturated heterocycles. The van der Waals surface area contributed by atoms with Gasteiger partial charge in [0.05, 0.1) is 0 Å². The minimum atomic E-state index is -0.891. The van der Waals surface area contributed by atoms with Gasteiger partial charge in [0, 0.05) is 27.6 Å². The number of hydrogen-bond donors (Lipinski definition) is 2. The van der Waals surface area contributed by atoms with Gasteiger partial charge in [0.25, 0.3) is 0 Å². The maximum absolute atomic E-state index is 13.7. The Balaban J connectivity index is 2.21. The normalized spacial score (nSPS) is 24.6. The first-order valence-corrected chi connectivity index (χ1v) is 7.04. The predicted molar refractivity (Wildman–Crippen MR) is 68.7 cm³/mol. The number of aliphatic carboxylic acids is 1. The lowest BCUT2D eigenvalue weighted by Crippen LogP contribution is -2.45. The van der Waals surface area contributed by atoms with Crippen molar-refractivity contribution in [3.8, 4) is 0 Å². The molecule has 0 amide bonds. The van der Waals surface area contributed by atoms with Crippen molar-refractivity contribution in [3.05, 3.63) is 34.1 Å². The summed E-state index contributed by atoms with van der Waals surface area (Å²) < 4.78 is 14.5. The van der Waals surface area contributed by atoms with E-state index in [0.29, 0.717) is 17.1 Å². The number of nitrogens with one attached hydrogen (secondary N) is 1. The van der Waals surface area contributed by atoms with Crippen LogP contribution in [0.2, 0.25) is 0 Å². The first-order valence-electron chi connectivity index (χ1n) is 5.09. The standard InChI is InChI=1S/C11H11BrFNO2S/c12-6-1-2-8(13)7(3-6)9-4-17-5-10(14-9)11(15)16/h1-3,9-10,14H,4-5H2,(H,15,16). The molecule has 1 fully saturated rings. The Morgan fingerprint density at radius 2 is 2.29 bits per heavy atom. The summed E-state index contributed by atoms with van der Waals surface area (Å²) in [6.45, 7) is 0. The van der Waals surface area contributed by atoms with Crippen LogP contribution in [0.5, 0.6) is 0 Å². The van der Waals surface area contributed by atoms with Gasteiger partial charge in [-0.05, 0) is 18.2 Å². The van der Waals surface area contributed by atoms with Crippen LogP contribution in [0.3, 0.4) is 0 Å². The van der Waals surface area contributed by atoms with Gasteiger partial charge < -0.3 is 5.11 Å². The smallest absolute Gasteiger partial charge is 0.321 e. The van der Waals surface area contributed by atoms with Crippen molar-refractivity contribution in [1.82, 2.24) is 5.32 Å². The molecule has 1 aliphatic rings. The maximum Gasteiger partial charge on any atom is 0.321 e. The summed E-state index contributed by atoms with van der Waals surface area (Å²) in [5, 5.41) is 11.9. The number of rotatable bonds is 2. The lowest BCUT2D eigenvalue weighted by molar-refractivity contribution is -0.139. The largest absolute Gasteiger partial charge is 0.480 e. The lowest BCUT2D eigenvalue weighted by atomic mass is 10.1. The molecule has 1 aliphatic heterocycles. The Hall–Kier alpha value is -0.590. The SMILES string of the molecule is O=C(O)C1CSCC(c2cc(Br)ccc2F)N1. The summed E-state index contributed by atoms with van der Waals surface area (Å²) in [5.74, 6) is -0.00606. The Labute approximate surface area is 111 Å². The zero-order valence-corrected chi connectivity index (χ0v) is 11.2. The van der Waals surface area contributed by atoms with E-state index in [-0.39, 0.29) is 11.9 Å². The van der Waals surface area contributed by atoms with E-state index in [2.05, 4.69) is 21.2 Å². The minimum absolute atomic E-state index is 0.257. The number of carboxylic acids is 1. The van der Waals surface area contributed by atoms with E-state index in [1.54, 1.807) is 12.1 Å². The third-order valence-electron chi connectivity index (χ3n) is 2.60. The molecule has 0 aromatic heterocycles. The lowest BCUT2D eigenvalue weighted by Gasteiger charge is -2.28. The van der Waals surface area contributed by atoms with Crippen molar-refractivity contribution in [1.29, 1.82) is 0 Å². The average molecular weight is 320 g/mol. The molecule has 1 aromatic rings. The van der Waals surface area contributed by atoms with Crippen LogP contribution in [0.1, 0.15) is 11.6 Å². The van der Waals surface area contributed by atoms with Crippen molar-refractivity contribution in [2.75, 3.05) is 11.5 Å². The number of hydrogen-bond acceptors (Lipinski definition) is 3. The Kier molecular flexibility index (Phi) is 4.06. The highest BCUT2D eigenvalue weighted by atomic mass is 79.9. The van der Waals surface area contributed by atoms with E-state index >= 15 is 0 Å². The molecule has 0 spiro atoms. The highest BCUT2D eigenvalue weighted by Gasteiger charge is 2.28. The van der Waals surface area contributed by atoms with Crippen LogP contribution in [0.15, 0.2) is 22.7 Å². The number of benzene rings is 1. The summed E-state index contributed by atoms with van der Waals surface area (Å²) in [7, 11) is 0. The van der Waals surface area contributed by atoms with Crippen molar-refractivity contribution >= 4 is 33.7 Å². The van der Waals surface area contributed by atoms with Crippen molar-refractivity contribution < 1.29 is 14.3 Å². The summed E-state index contributed by atoms with van der Waals surface area (Å²) in [4.78, 5) is 10.9. The van der Waals surface area contributed by atoms with Crippen LogP contribution >= 0.6 is 27.7 Å². The molecular formula is C11H11BrFNO2S. The van der Waals surface area contributed by atoms with Gasteiger partial charge in [-0.2, -0.15) is 11.8 Å². The Bertz CT molecular complexity index is 443. The summed E-state index contributed by atoms with van der Waals surface area (Å²) in [6, 6.07) is 3.83. The van der Waals surface area contributed by atoms with Gasteiger partial charge in [0.1, 0.15) is 11.9 Å². The highest BCUT2D eigenvalue weighted by molar-refractivity contribution is 9.10. The van der Waals surface area contributed by atoms with Gasteiger partial charge in [-0.3, -0.25) is 10.1 Å². The van der Waals surface area contributed by atoms with E-state index < -0.39 is 12.0 Å². The highest BCUT2D eigenvalue weighted by Crippen LogP contribution is 2.28. The van der Waals surface area contributed by atoms with Gasteiger partial charge >= 0.3 is 5.97 Å². The molecule has 1 heterocycles. The Morgan fingerprint density at radius 3 is 3.00 bits per heavy atom. The third-order valence-corrected chi connectivity index (χ3v) is 4.23. The fourth-order valence-corrected chi connectivity index (χ4v) is 3.25. The summed E-state index contributed by atoms with van der Waals surface area (Å²) in [5.41, 5.74) is 0.512. The number of carbonyl (C=O) groups is 1. The summed E-state index contributed by atoms with van der Waals surface area (Å²) >= 11 is 4.81. The van der Waals surface area contributed by atoms with E-state index in [0.717, 1.165) is 4.47 Å². The molecule has 0 bridgehead atoms. The van der Waals surface area contributed by atoms with Crippen LogP contribution < -0.4 is 5.32 Å². The van der Waals surface area contributed by atoms with Gasteiger partial charge in [0.15, 0.2) is 0 Å². The fraction of sp³-hybridized carbons (Fsp3) is 0.364. The topological polar surface area (TPSA) is 49.3 Å². The van der Waals surface area contributed by atoms with Crippen molar-refractivity contribution in [2.24, 2.45) is 0 Å². The third kappa shape index (κ3) is 3.00. The molecule has 0 radical (unpaired) electrons. The van der Waals surface area contributed by atoms with E-state index in [9.17, 15) is 9.18 Å². The second kappa shape index (κ2) is 5.37. The molecule has 2 unspecified atom stereocenters. The maximum atomic E-state index is 13.7. The molecule has 0 saturated carbocycles. The first kappa shape index (κ1) is 12.9. The summed E-state index contributed by atoms with van der Waals surface area (Å²) in [6.07, 6.45) is 0. The molecule has 6 heteroatoms. The van der Waals surface area contributed by atoms with Crippen LogP contribution in [0.25, 0.3) is 0 Å². The molecule has 2 rings (SSSR count). The molecule has 0 aliphatic carbocycles. The Morgan fingerprint density at radius 1 is 1.53 bits per heavy atom. The minimum Gasteiger partial charge on any atom is -0.480 e. The average Bonchev–Trinajstić information content (AvgIpc) is 2.32. The van der Waals surface area contributed by atoms with E-state index in [4.69, 9.17) is 5.11 Å². The van der Waals surface area contributed by atoms with Gasteiger partial charge in [-0.25, -0.2) is 4.39 Å². The van der Waals surface area contributed by atoms with Crippen molar-refractivity contribution in [3.63, 3.8) is 0 Å². The van der Waals surface area contributed by atoms with E-state index in [1.165, 1.54) is 17.8 Å². The number of thioether (sulfide) groups is 1. The molecule has 17 heavy (non-hydrogen) atoms. The molecular weight excluding hydrogens is 309 g/mol. The second-order valence-corrected chi connectivity index (χ2v) is 5.80. The molecule has 2 N–H and O–H groups in total. The van der Waals surface area contributed by atoms with E-state index in [1.807, 2.05) is 0 Å². The predicted octanol–water partition coefficient (Wildman–Crippen LogP) is 2.42. The van der Waals surface area contributed by atoms with Gasteiger partial charge in [0.2, 0.25) is 0 Å². The van der Waals surface area contributed by atoms with Gasteiger partial charge in [-0.15, -0.1) is 0 Å². The van der Waals surface area contributed by atoms with Crippen LogP contribution in [0, 0.1) is 5.82 Å². The second-order valence-electron chi connectivity index (χ2n) is 3.81. The molecule has 2 atom stereocenters. The monoisotopic (exact) mass is 319 g/mol. The first-order chi connectivity index (χ1) is 8.08. The molecule has 92 valence electrons. The van der Waals surface area contributed by atoms with Crippen molar-refractivity contribution in [2.45, 2.75) is 12.1 Å². The van der Waals surface area contributed by atoms with Crippen LogP contribution in [-0.2, 0) is 4.79 Å². The molecule has 1 aromatic carbocycles. The van der Waals surface area contributed by atoms with Gasteiger partial charge in [-0.1, -0.05) is 15.9 Å². The number of carboxylic acid groups (broad SMARTS) is 1. The van der Waals surface area contributed by atoms with Crippen LogP contribution in [-0.4, -0.2) is 28.6 Å². The number of halogens is 2. The molecule has 3 nitrogen and oxygen atoms in total. The quantitative estimate of drug-likeness (QED) is 0.879. The zero-order valence-electron chi connectivity index (χ0n) is 8.82. The zero-order chi connectivity index (χ0) is 12.4.